The van der Waals surface area contributed by atoms with E-state index in [0.717, 1.165) is 5.56 Å². The molecule has 2 N–H and O–H groups in total. The van der Waals surface area contributed by atoms with Crippen LogP contribution in [-0.4, -0.2) is 34.8 Å². The molecule has 1 aromatic carbocycles. The van der Waals surface area contributed by atoms with Crippen LogP contribution in [0.4, 0.5) is 0 Å². The van der Waals surface area contributed by atoms with E-state index in [-0.39, 0.29) is 0 Å². The molecule has 0 saturated heterocycles. The van der Waals surface area contributed by atoms with E-state index < -0.39 is 24.0 Å². The van der Waals surface area contributed by atoms with E-state index in [1.54, 1.807) is 0 Å². The summed E-state index contributed by atoms with van der Waals surface area (Å²) < 4.78 is 0. The van der Waals surface area contributed by atoms with Gasteiger partial charge in [-0.3, -0.25) is 9.59 Å². The van der Waals surface area contributed by atoms with Gasteiger partial charge in [-0.1, -0.05) is 35.5 Å². The number of benzene rings is 1. The number of carbonyl (C=O) groups is 2. The van der Waals surface area contributed by atoms with Crippen molar-refractivity contribution in [1.29, 1.82) is 0 Å². The lowest BCUT2D eigenvalue weighted by Gasteiger charge is -2.12. The molecule has 6 heteroatoms. The SMILES string of the molecule is C[C@H](NC(=O)C1CC(c2ccccc2)=NO1)C(=O)O. The van der Waals surface area contributed by atoms with Gasteiger partial charge in [0, 0.05) is 6.42 Å². The zero-order valence-corrected chi connectivity index (χ0v) is 10.4. The van der Waals surface area contributed by atoms with Gasteiger partial charge in [0.15, 0.2) is 0 Å². The normalized spacial score (nSPS) is 19.2. The maximum Gasteiger partial charge on any atom is 0.325 e. The molecular weight excluding hydrogens is 248 g/mol. The second-order valence-corrected chi connectivity index (χ2v) is 4.27. The van der Waals surface area contributed by atoms with E-state index in [9.17, 15) is 9.59 Å². The van der Waals surface area contributed by atoms with E-state index in [1.165, 1.54) is 6.92 Å². The first kappa shape index (κ1) is 13.1. The summed E-state index contributed by atoms with van der Waals surface area (Å²) in [7, 11) is 0. The van der Waals surface area contributed by atoms with E-state index in [2.05, 4.69) is 10.5 Å². The van der Waals surface area contributed by atoms with Gasteiger partial charge < -0.3 is 15.3 Å². The summed E-state index contributed by atoms with van der Waals surface area (Å²) in [4.78, 5) is 27.5. The first-order valence-corrected chi connectivity index (χ1v) is 5.89. The summed E-state index contributed by atoms with van der Waals surface area (Å²) in [5.41, 5.74) is 1.58. The van der Waals surface area contributed by atoms with Crippen LogP contribution in [0, 0.1) is 0 Å². The number of amides is 1. The van der Waals surface area contributed by atoms with Crippen LogP contribution in [-0.2, 0) is 14.4 Å². The van der Waals surface area contributed by atoms with E-state index in [0.29, 0.717) is 12.1 Å². The highest BCUT2D eigenvalue weighted by molar-refractivity contribution is 6.04. The van der Waals surface area contributed by atoms with Gasteiger partial charge in [-0.2, -0.15) is 0 Å². The summed E-state index contributed by atoms with van der Waals surface area (Å²) >= 11 is 0. The Kier molecular flexibility index (Phi) is 3.79. The zero-order valence-electron chi connectivity index (χ0n) is 10.4. The van der Waals surface area contributed by atoms with E-state index >= 15 is 0 Å². The lowest BCUT2D eigenvalue weighted by Crippen LogP contribution is -2.43. The highest BCUT2D eigenvalue weighted by Crippen LogP contribution is 2.16. The van der Waals surface area contributed by atoms with Crippen LogP contribution in [0.25, 0.3) is 0 Å². The van der Waals surface area contributed by atoms with Crippen molar-refractivity contribution in [2.24, 2.45) is 5.16 Å². The van der Waals surface area contributed by atoms with E-state index in [4.69, 9.17) is 9.94 Å². The number of nitrogens with zero attached hydrogens (tertiary/aromatic N) is 1. The molecule has 19 heavy (non-hydrogen) atoms. The second kappa shape index (κ2) is 5.51. The Morgan fingerprint density at radius 2 is 2.11 bits per heavy atom. The Morgan fingerprint density at radius 3 is 2.74 bits per heavy atom. The van der Waals surface area contributed by atoms with Gasteiger partial charge in [-0.25, -0.2) is 0 Å². The van der Waals surface area contributed by atoms with Crippen molar-refractivity contribution in [2.45, 2.75) is 25.5 Å². The standard InChI is InChI=1S/C13H14N2O4/c1-8(13(17)18)14-12(16)11-7-10(15-19-11)9-5-3-2-4-6-9/h2-6,8,11H,7H2,1H3,(H,14,16)(H,17,18)/t8-,11?/m0/s1. The first-order chi connectivity index (χ1) is 9.08. The minimum Gasteiger partial charge on any atom is -0.480 e. The van der Waals surface area contributed by atoms with Crippen LogP contribution in [0.15, 0.2) is 35.5 Å². The fourth-order valence-corrected chi connectivity index (χ4v) is 1.69. The lowest BCUT2D eigenvalue weighted by molar-refractivity contribution is -0.143. The molecular formula is C13H14N2O4. The van der Waals surface area contributed by atoms with Gasteiger partial charge in [0.2, 0.25) is 6.10 Å². The largest absolute Gasteiger partial charge is 0.480 e. The van der Waals surface area contributed by atoms with Crippen LogP contribution >= 0.6 is 0 Å². The first-order valence-electron chi connectivity index (χ1n) is 5.89. The van der Waals surface area contributed by atoms with Crippen LogP contribution in [0.1, 0.15) is 18.9 Å². The number of nitrogens with one attached hydrogen (secondary N) is 1. The lowest BCUT2D eigenvalue weighted by atomic mass is 10.0. The predicted octanol–water partition coefficient (Wildman–Crippen LogP) is 0.769. The maximum absolute atomic E-state index is 11.8. The minimum absolute atomic E-state index is 0.336. The molecule has 6 nitrogen and oxygen atoms in total. The van der Waals surface area contributed by atoms with Crippen molar-refractivity contribution in [2.75, 3.05) is 0 Å². The van der Waals surface area contributed by atoms with Crippen molar-refractivity contribution in [1.82, 2.24) is 5.32 Å². The minimum atomic E-state index is -1.09. The van der Waals surface area contributed by atoms with Crippen LogP contribution in [0.5, 0.6) is 0 Å². The molecule has 0 saturated carbocycles. The van der Waals surface area contributed by atoms with Crippen molar-refractivity contribution in [3.8, 4) is 0 Å². The van der Waals surface area contributed by atoms with Gasteiger partial charge in [-0.15, -0.1) is 0 Å². The molecule has 0 spiro atoms. The average Bonchev–Trinajstić information content (AvgIpc) is 2.89. The fraction of sp³-hybridized carbons (Fsp3) is 0.308. The molecule has 0 bridgehead atoms. The number of carboxylic acids is 1. The van der Waals surface area contributed by atoms with Crippen molar-refractivity contribution >= 4 is 17.6 Å². The highest BCUT2D eigenvalue weighted by atomic mass is 16.6. The summed E-state index contributed by atoms with van der Waals surface area (Å²) in [5.74, 6) is -1.56. The number of hydrogen-bond acceptors (Lipinski definition) is 4. The molecule has 1 aliphatic rings. The van der Waals surface area contributed by atoms with Crippen molar-refractivity contribution in [3.63, 3.8) is 0 Å². The van der Waals surface area contributed by atoms with Gasteiger partial charge in [-0.05, 0) is 12.5 Å². The number of aliphatic carboxylic acids is 1. The zero-order chi connectivity index (χ0) is 13.8. The van der Waals surface area contributed by atoms with Crippen molar-refractivity contribution in [3.05, 3.63) is 35.9 Å². The molecule has 1 aliphatic heterocycles. The van der Waals surface area contributed by atoms with E-state index in [1.807, 2.05) is 30.3 Å². The van der Waals surface area contributed by atoms with Gasteiger partial charge in [0.05, 0.1) is 5.71 Å². The molecule has 2 rings (SSSR count). The Morgan fingerprint density at radius 1 is 1.42 bits per heavy atom. The molecule has 0 radical (unpaired) electrons. The molecule has 0 fully saturated rings. The molecule has 1 aromatic rings. The fourth-order valence-electron chi connectivity index (χ4n) is 1.69. The molecule has 2 atom stereocenters. The number of hydrogen-bond donors (Lipinski definition) is 2. The number of carboxylic acid groups (broad SMARTS) is 1. The van der Waals surface area contributed by atoms with Gasteiger partial charge in [0.25, 0.3) is 5.91 Å². The monoisotopic (exact) mass is 262 g/mol. The molecule has 100 valence electrons. The smallest absolute Gasteiger partial charge is 0.325 e. The predicted molar refractivity (Wildman–Crippen MR) is 67.7 cm³/mol. The number of rotatable bonds is 4. The van der Waals surface area contributed by atoms with Crippen LogP contribution in [0.2, 0.25) is 0 Å². The average molecular weight is 262 g/mol. The maximum atomic E-state index is 11.8. The van der Waals surface area contributed by atoms with Gasteiger partial charge in [0.1, 0.15) is 6.04 Å². The molecule has 0 aromatic heterocycles. The van der Waals surface area contributed by atoms with Crippen molar-refractivity contribution < 1.29 is 19.5 Å². The Labute approximate surface area is 110 Å². The molecule has 0 aliphatic carbocycles. The molecule has 1 amide bonds. The summed E-state index contributed by atoms with van der Waals surface area (Å²) in [6.07, 6.45) is -0.431. The third-order valence-corrected chi connectivity index (χ3v) is 2.80. The third kappa shape index (κ3) is 3.09. The Hall–Kier alpha value is -2.37. The van der Waals surface area contributed by atoms with Crippen LogP contribution in [0.3, 0.4) is 0 Å². The Bertz CT molecular complexity index is 513. The molecule has 1 heterocycles. The summed E-state index contributed by atoms with van der Waals surface area (Å²) in [5, 5.41) is 14.9. The quantitative estimate of drug-likeness (QED) is 0.838. The molecule has 1 unspecified atom stereocenters. The summed E-state index contributed by atoms with van der Waals surface area (Å²) in [6, 6.07) is 8.44. The highest BCUT2D eigenvalue weighted by Gasteiger charge is 2.30. The number of carbonyl (C=O) groups excluding carboxylic acids is 1. The topological polar surface area (TPSA) is 88.0 Å². The van der Waals surface area contributed by atoms with Crippen LogP contribution < -0.4 is 5.32 Å². The second-order valence-electron chi connectivity index (χ2n) is 4.27. The summed E-state index contributed by atoms with van der Waals surface area (Å²) in [6.45, 7) is 1.40. The third-order valence-electron chi connectivity index (χ3n) is 2.80. The van der Waals surface area contributed by atoms with Gasteiger partial charge >= 0.3 is 5.97 Å². The number of oxime groups is 1. The Balaban J connectivity index is 1.94.